The molecule has 1 N–H and O–H groups in total. The monoisotopic (exact) mass is 553 g/mol. The lowest BCUT2D eigenvalue weighted by Gasteiger charge is -2.33. The zero-order valence-corrected chi connectivity index (χ0v) is 22.9. The number of nitrogens with one attached hydrogen (secondary N) is 1. The van der Waals surface area contributed by atoms with Gasteiger partial charge in [-0.1, -0.05) is 48.3 Å². The molecule has 1 heterocycles. The molecule has 0 radical (unpaired) electrons. The van der Waals surface area contributed by atoms with Crippen LogP contribution in [0, 0.1) is 0 Å². The molecule has 0 aromatic heterocycles. The van der Waals surface area contributed by atoms with E-state index in [0.717, 1.165) is 0 Å². The molecule has 3 amide bonds. The van der Waals surface area contributed by atoms with E-state index in [-0.39, 0.29) is 35.9 Å². The lowest BCUT2D eigenvalue weighted by molar-refractivity contribution is -0.142. The third-order valence-corrected chi connectivity index (χ3v) is 8.11. The molecule has 8 nitrogen and oxygen atoms in total. The van der Waals surface area contributed by atoms with E-state index < -0.39 is 33.4 Å². The van der Waals surface area contributed by atoms with Gasteiger partial charge in [-0.2, -0.15) is 0 Å². The van der Waals surface area contributed by atoms with Crippen molar-refractivity contribution in [2.45, 2.75) is 63.6 Å². The average molecular weight is 554 g/mol. The minimum Gasteiger partial charge on any atom is -0.350 e. The highest BCUT2D eigenvalue weighted by molar-refractivity contribution is 7.90. The quantitative estimate of drug-likeness (QED) is 0.526. The maximum atomic E-state index is 13.5. The molecule has 194 valence electrons. The Morgan fingerprint density at radius 3 is 2.36 bits per heavy atom. The summed E-state index contributed by atoms with van der Waals surface area (Å²) in [6.07, 6.45) is 0.00864. The number of rotatable bonds is 8. The summed E-state index contributed by atoms with van der Waals surface area (Å²) < 4.78 is 26.5. The van der Waals surface area contributed by atoms with Crippen molar-refractivity contribution in [1.29, 1.82) is 0 Å². The first-order chi connectivity index (χ1) is 16.8. The molecule has 2 aromatic carbocycles. The Balaban J connectivity index is 1.87. The Labute approximate surface area is 221 Å². The smallest absolute Gasteiger partial charge is 0.269 e. The normalized spacial score (nSPS) is 15.4. The molecule has 0 bridgehead atoms. The summed E-state index contributed by atoms with van der Waals surface area (Å²) in [7, 11) is -4.06. The van der Waals surface area contributed by atoms with Gasteiger partial charge in [-0.25, -0.2) is 12.7 Å². The zero-order chi connectivity index (χ0) is 26.8. The molecule has 1 aliphatic rings. The molecule has 0 spiro atoms. The molecule has 0 saturated heterocycles. The predicted molar refractivity (Wildman–Crippen MR) is 138 cm³/mol. The summed E-state index contributed by atoms with van der Waals surface area (Å²) in [5.41, 5.74) is 0.123. The van der Waals surface area contributed by atoms with Crippen molar-refractivity contribution in [2.24, 2.45) is 0 Å². The molecule has 0 fully saturated rings. The number of hydrogen-bond donors (Lipinski definition) is 1. The Morgan fingerprint density at radius 2 is 1.78 bits per heavy atom. The van der Waals surface area contributed by atoms with Crippen LogP contribution >= 0.6 is 23.2 Å². The van der Waals surface area contributed by atoms with Gasteiger partial charge >= 0.3 is 0 Å². The summed E-state index contributed by atoms with van der Waals surface area (Å²) in [4.78, 5) is 40.6. The highest BCUT2D eigenvalue weighted by Gasteiger charge is 2.41. The van der Waals surface area contributed by atoms with Gasteiger partial charge in [0.2, 0.25) is 11.8 Å². The highest BCUT2D eigenvalue weighted by atomic mass is 35.5. The van der Waals surface area contributed by atoms with E-state index in [1.807, 2.05) is 20.8 Å². The van der Waals surface area contributed by atoms with Gasteiger partial charge < -0.3 is 10.2 Å². The molecule has 11 heteroatoms. The second-order valence-corrected chi connectivity index (χ2v) is 12.2. The van der Waals surface area contributed by atoms with Gasteiger partial charge in [0.25, 0.3) is 15.9 Å². The van der Waals surface area contributed by atoms with Gasteiger partial charge in [0.05, 0.1) is 5.56 Å². The summed E-state index contributed by atoms with van der Waals surface area (Å²) in [6, 6.07) is 9.93. The van der Waals surface area contributed by atoms with E-state index in [2.05, 4.69) is 5.32 Å². The number of sulfonamides is 1. The number of benzene rings is 2. The molecule has 0 aliphatic carbocycles. The summed E-state index contributed by atoms with van der Waals surface area (Å²) >= 11 is 12.4. The van der Waals surface area contributed by atoms with Gasteiger partial charge in [0.15, 0.2) is 0 Å². The third kappa shape index (κ3) is 6.02. The Bertz CT molecular complexity index is 1290. The van der Waals surface area contributed by atoms with E-state index in [4.69, 9.17) is 23.2 Å². The van der Waals surface area contributed by atoms with E-state index in [1.165, 1.54) is 23.1 Å². The lowest BCUT2D eigenvalue weighted by atomic mass is 10.1. The molecule has 3 rings (SSSR count). The van der Waals surface area contributed by atoms with E-state index >= 15 is 0 Å². The number of nitrogens with zero attached hydrogens (tertiary/aromatic N) is 2. The van der Waals surface area contributed by atoms with E-state index in [0.29, 0.717) is 26.3 Å². The first-order valence-electron chi connectivity index (χ1n) is 11.5. The maximum absolute atomic E-state index is 13.5. The van der Waals surface area contributed by atoms with Crippen LogP contribution in [0.5, 0.6) is 0 Å². The zero-order valence-electron chi connectivity index (χ0n) is 20.5. The first kappa shape index (κ1) is 28.0. The Hall–Kier alpha value is -2.62. The van der Waals surface area contributed by atoms with Gasteiger partial charge in [0.1, 0.15) is 10.9 Å². The molecule has 2 aromatic rings. The van der Waals surface area contributed by atoms with E-state index in [9.17, 15) is 22.8 Å². The summed E-state index contributed by atoms with van der Waals surface area (Å²) in [5, 5.41) is 3.66. The first-order valence-corrected chi connectivity index (χ1v) is 13.7. The fourth-order valence-electron chi connectivity index (χ4n) is 4.00. The van der Waals surface area contributed by atoms with Crippen LogP contribution in [0.2, 0.25) is 10.0 Å². The van der Waals surface area contributed by atoms with Crippen molar-refractivity contribution in [2.75, 3.05) is 6.54 Å². The lowest BCUT2D eigenvalue weighted by Crippen LogP contribution is -2.53. The van der Waals surface area contributed by atoms with Crippen LogP contribution in [-0.2, 0) is 26.2 Å². The van der Waals surface area contributed by atoms with Crippen LogP contribution in [0.25, 0.3) is 0 Å². The van der Waals surface area contributed by atoms with Crippen molar-refractivity contribution in [3.63, 3.8) is 0 Å². The minimum atomic E-state index is -4.06. The topological polar surface area (TPSA) is 104 Å². The van der Waals surface area contributed by atoms with Gasteiger partial charge in [-0.15, -0.1) is 0 Å². The van der Waals surface area contributed by atoms with Crippen molar-refractivity contribution in [1.82, 2.24) is 14.5 Å². The summed E-state index contributed by atoms with van der Waals surface area (Å²) in [6.45, 7) is 6.94. The second kappa shape index (κ2) is 10.8. The summed E-state index contributed by atoms with van der Waals surface area (Å²) in [5.74, 6) is -1.51. The number of amides is 3. The number of carbonyl (C=O) groups excluding carboxylic acids is 3. The molecule has 1 aliphatic heterocycles. The maximum Gasteiger partial charge on any atom is 0.269 e. The van der Waals surface area contributed by atoms with Gasteiger partial charge in [-0.3, -0.25) is 14.4 Å². The molecule has 0 saturated carbocycles. The largest absolute Gasteiger partial charge is 0.350 e. The Kier molecular flexibility index (Phi) is 8.37. The van der Waals surface area contributed by atoms with Gasteiger partial charge in [0, 0.05) is 35.1 Å². The molecule has 0 unspecified atom stereocenters. The van der Waals surface area contributed by atoms with E-state index in [1.54, 1.807) is 31.2 Å². The van der Waals surface area contributed by atoms with Gasteiger partial charge in [-0.05, 0) is 57.0 Å². The number of halogens is 2. The number of carbonyl (C=O) groups is 3. The highest BCUT2D eigenvalue weighted by Crippen LogP contribution is 2.30. The number of fused-ring (bicyclic) bond motifs is 1. The van der Waals surface area contributed by atoms with Crippen LogP contribution in [-0.4, -0.2) is 53.5 Å². The SMILES string of the molecule is CC[C@@H](C(=O)NC(C)(C)C)N(Cc1ccc(Cl)cc1Cl)C(=O)CCN1C(=O)c2ccccc2S1(=O)=O. The Morgan fingerprint density at radius 1 is 1.11 bits per heavy atom. The molecule has 1 atom stereocenters. The van der Waals surface area contributed by atoms with Crippen LogP contribution in [0.15, 0.2) is 47.4 Å². The minimum absolute atomic E-state index is 0.00578. The predicted octanol–water partition coefficient (Wildman–Crippen LogP) is 4.25. The van der Waals surface area contributed by atoms with Crippen molar-refractivity contribution >= 4 is 50.9 Å². The van der Waals surface area contributed by atoms with Crippen molar-refractivity contribution < 1.29 is 22.8 Å². The standard InChI is InChI=1S/C25H29Cl2N3O5S/c1-5-20(23(32)28-25(2,3)4)29(15-16-10-11-17(26)14-19(16)27)22(31)12-13-30-24(33)18-8-6-7-9-21(18)36(30,34)35/h6-11,14,20H,5,12-13,15H2,1-4H3,(H,28,32)/t20-/m0/s1. The molecule has 36 heavy (non-hydrogen) atoms. The van der Waals surface area contributed by atoms with Crippen LogP contribution < -0.4 is 5.32 Å². The average Bonchev–Trinajstić information content (AvgIpc) is 2.97. The second-order valence-electron chi connectivity index (χ2n) is 9.55. The van der Waals surface area contributed by atoms with Crippen molar-refractivity contribution in [3.8, 4) is 0 Å². The van der Waals surface area contributed by atoms with Crippen molar-refractivity contribution in [3.05, 3.63) is 63.6 Å². The molecular weight excluding hydrogens is 525 g/mol. The fourth-order valence-corrected chi connectivity index (χ4v) is 6.04. The van der Waals surface area contributed by atoms with Crippen LogP contribution in [0.3, 0.4) is 0 Å². The van der Waals surface area contributed by atoms with Crippen LogP contribution in [0.1, 0.15) is 56.5 Å². The van der Waals surface area contributed by atoms with Crippen LogP contribution in [0.4, 0.5) is 0 Å². The number of hydrogen-bond acceptors (Lipinski definition) is 5. The fraction of sp³-hybridized carbons (Fsp3) is 0.400. The third-order valence-electron chi connectivity index (χ3n) is 5.68. The molecular formula is C25H29Cl2N3O5S.